The molecule has 0 aliphatic rings. The highest BCUT2D eigenvalue weighted by atomic mass is 32.2. The average molecular weight is 586 g/mol. The second kappa shape index (κ2) is 14.0. The number of methoxy groups -OCH3 is 2. The number of likely N-dealkylation sites (N-methyl/N-ethyl adjacent to an activating group) is 1. The predicted octanol–water partition coefficient (Wildman–Crippen LogP) is 4.29. The third-order valence-electron chi connectivity index (χ3n) is 6.68. The molecule has 2 amide bonds. The summed E-state index contributed by atoms with van der Waals surface area (Å²) < 4.78 is 53.3. The van der Waals surface area contributed by atoms with Crippen molar-refractivity contribution in [3.63, 3.8) is 0 Å². The van der Waals surface area contributed by atoms with Crippen LogP contribution in [0.1, 0.15) is 31.4 Å². The molecule has 0 fully saturated rings. The number of benzene rings is 3. The van der Waals surface area contributed by atoms with Crippen molar-refractivity contribution >= 4 is 27.5 Å². The van der Waals surface area contributed by atoms with Crippen molar-refractivity contribution in [2.75, 3.05) is 31.6 Å². The van der Waals surface area contributed by atoms with Gasteiger partial charge in [-0.2, -0.15) is 0 Å². The van der Waals surface area contributed by atoms with Crippen LogP contribution < -0.4 is 19.1 Å². The van der Waals surface area contributed by atoms with Crippen LogP contribution in [0.15, 0.2) is 71.6 Å². The minimum Gasteiger partial charge on any atom is -0.493 e. The van der Waals surface area contributed by atoms with Crippen LogP contribution in [0.2, 0.25) is 0 Å². The fourth-order valence-electron chi connectivity index (χ4n) is 4.42. The van der Waals surface area contributed by atoms with Gasteiger partial charge in [0.15, 0.2) is 11.5 Å². The van der Waals surface area contributed by atoms with Crippen molar-refractivity contribution in [2.24, 2.45) is 0 Å². The maximum atomic E-state index is 14.0. The van der Waals surface area contributed by atoms with E-state index in [4.69, 9.17) is 9.47 Å². The van der Waals surface area contributed by atoms with E-state index in [2.05, 4.69) is 5.32 Å². The Bertz CT molecular complexity index is 1460. The Hall–Kier alpha value is -4.12. The molecule has 3 aromatic rings. The van der Waals surface area contributed by atoms with Crippen LogP contribution in [-0.4, -0.2) is 58.5 Å². The van der Waals surface area contributed by atoms with E-state index in [9.17, 15) is 22.4 Å². The predicted molar refractivity (Wildman–Crippen MR) is 155 cm³/mol. The van der Waals surface area contributed by atoms with Gasteiger partial charge in [0.2, 0.25) is 11.8 Å². The lowest BCUT2D eigenvalue weighted by atomic mass is 10.1. The molecule has 0 bridgehead atoms. The summed E-state index contributed by atoms with van der Waals surface area (Å²) in [5.74, 6) is -0.991. The second-order valence-corrected chi connectivity index (χ2v) is 11.1. The molecule has 0 aliphatic carbocycles. The lowest BCUT2D eigenvalue weighted by molar-refractivity contribution is -0.140. The first-order chi connectivity index (χ1) is 19.6. The molecule has 9 nitrogen and oxygen atoms in total. The highest BCUT2D eigenvalue weighted by molar-refractivity contribution is 7.92. The topological polar surface area (TPSA) is 105 Å². The molecule has 1 N–H and O–H groups in total. The minimum atomic E-state index is -4.37. The molecular weight excluding hydrogens is 549 g/mol. The van der Waals surface area contributed by atoms with Crippen LogP contribution in [0.5, 0.6) is 11.5 Å². The van der Waals surface area contributed by atoms with Crippen LogP contribution in [0.3, 0.4) is 0 Å². The Labute approximate surface area is 240 Å². The molecule has 0 saturated carbocycles. The molecule has 0 aromatic heterocycles. The molecule has 0 heterocycles. The van der Waals surface area contributed by atoms with Crippen LogP contribution in [0.4, 0.5) is 10.1 Å². The van der Waals surface area contributed by atoms with E-state index in [-0.39, 0.29) is 28.8 Å². The van der Waals surface area contributed by atoms with E-state index in [1.807, 2.05) is 31.2 Å². The Morgan fingerprint density at radius 3 is 2.20 bits per heavy atom. The van der Waals surface area contributed by atoms with Crippen LogP contribution in [0, 0.1) is 12.7 Å². The minimum absolute atomic E-state index is 0.0800. The Morgan fingerprint density at radius 1 is 0.951 bits per heavy atom. The number of nitrogens with zero attached hydrogens (tertiary/aromatic N) is 2. The number of ether oxygens (including phenoxy) is 2. The summed E-state index contributed by atoms with van der Waals surface area (Å²) in [5.41, 5.74) is 1.82. The molecule has 0 radical (unpaired) electrons. The lowest BCUT2D eigenvalue weighted by Crippen LogP contribution is -2.52. The quantitative estimate of drug-likeness (QED) is 0.321. The smallest absolute Gasteiger partial charge is 0.264 e. The van der Waals surface area contributed by atoms with Crippen molar-refractivity contribution in [3.05, 3.63) is 83.7 Å². The van der Waals surface area contributed by atoms with E-state index in [1.54, 1.807) is 13.8 Å². The molecule has 3 aromatic carbocycles. The highest BCUT2D eigenvalue weighted by Gasteiger charge is 2.34. The third-order valence-corrected chi connectivity index (χ3v) is 8.45. The zero-order valence-electron chi connectivity index (χ0n) is 23.9. The SMILES string of the molecule is CCNC(=O)[C@@H](CC)N(Cc1ccccc1C)C(=O)CN(c1ccc(F)cc1)S(=O)(=O)c1ccc(OC)c(OC)c1. The van der Waals surface area contributed by atoms with Crippen molar-refractivity contribution in [1.29, 1.82) is 0 Å². The summed E-state index contributed by atoms with van der Waals surface area (Å²) in [6.07, 6.45) is 0.308. The summed E-state index contributed by atoms with van der Waals surface area (Å²) in [5, 5.41) is 2.77. The average Bonchev–Trinajstić information content (AvgIpc) is 2.96. The van der Waals surface area contributed by atoms with Gasteiger partial charge in [0, 0.05) is 19.2 Å². The fraction of sp³-hybridized carbons (Fsp3) is 0.333. The van der Waals surface area contributed by atoms with E-state index in [1.165, 1.54) is 49.5 Å². The summed E-state index contributed by atoms with van der Waals surface area (Å²) in [4.78, 5) is 28.3. The van der Waals surface area contributed by atoms with Crippen molar-refractivity contribution in [3.8, 4) is 11.5 Å². The first-order valence-electron chi connectivity index (χ1n) is 13.2. The van der Waals surface area contributed by atoms with E-state index in [0.29, 0.717) is 18.7 Å². The van der Waals surface area contributed by atoms with Gasteiger partial charge in [-0.3, -0.25) is 13.9 Å². The summed E-state index contributed by atoms with van der Waals surface area (Å²) in [6.45, 7) is 5.30. The van der Waals surface area contributed by atoms with Crippen LogP contribution in [-0.2, 0) is 26.2 Å². The van der Waals surface area contributed by atoms with Crippen LogP contribution in [0.25, 0.3) is 0 Å². The van der Waals surface area contributed by atoms with E-state index in [0.717, 1.165) is 27.6 Å². The highest BCUT2D eigenvalue weighted by Crippen LogP contribution is 2.32. The largest absolute Gasteiger partial charge is 0.493 e. The van der Waals surface area contributed by atoms with Gasteiger partial charge in [-0.05, 0) is 67.8 Å². The number of rotatable bonds is 13. The number of halogens is 1. The van der Waals surface area contributed by atoms with Gasteiger partial charge >= 0.3 is 0 Å². The number of hydrogen-bond acceptors (Lipinski definition) is 6. The molecule has 41 heavy (non-hydrogen) atoms. The third kappa shape index (κ3) is 7.35. The normalized spacial score (nSPS) is 11.9. The summed E-state index contributed by atoms with van der Waals surface area (Å²) >= 11 is 0. The van der Waals surface area contributed by atoms with Crippen molar-refractivity contribution < 1.29 is 31.9 Å². The van der Waals surface area contributed by atoms with Gasteiger partial charge in [0.1, 0.15) is 18.4 Å². The van der Waals surface area contributed by atoms with Crippen molar-refractivity contribution in [1.82, 2.24) is 10.2 Å². The Balaban J connectivity index is 2.10. The molecule has 0 aliphatic heterocycles. The zero-order chi connectivity index (χ0) is 30.2. The first-order valence-corrected chi connectivity index (χ1v) is 14.6. The van der Waals surface area contributed by atoms with E-state index >= 15 is 0 Å². The van der Waals surface area contributed by atoms with Gasteiger partial charge in [0.05, 0.1) is 24.8 Å². The zero-order valence-corrected chi connectivity index (χ0v) is 24.7. The summed E-state index contributed by atoms with van der Waals surface area (Å²) in [6, 6.07) is 15.5. The number of nitrogens with one attached hydrogen (secondary N) is 1. The lowest BCUT2D eigenvalue weighted by Gasteiger charge is -2.33. The standard InChI is InChI=1S/C30H36FN3O6S/c1-6-26(30(36)32-7-2)33(19-22-11-9-8-10-21(22)3)29(35)20-34(24-14-12-23(31)13-15-24)41(37,38)25-16-17-27(39-4)28(18-25)40-5/h8-18,26H,6-7,19-20H2,1-5H3,(H,32,36)/t26-/m1/s1. The summed E-state index contributed by atoms with van der Waals surface area (Å²) in [7, 11) is -1.56. The first kappa shape index (κ1) is 31.4. The van der Waals surface area contributed by atoms with Gasteiger partial charge in [-0.25, -0.2) is 12.8 Å². The maximum absolute atomic E-state index is 14.0. The Morgan fingerprint density at radius 2 is 1.61 bits per heavy atom. The van der Waals surface area contributed by atoms with Crippen molar-refractivity contribution in [2.45, 2.75) is 44.7 Å². The number of aryl methyl sites for hydroxylation is 1. The molecule has 11 heteroatoms. The molecule has 0 spiro atoms. The molecule has 220 valence electrons. The number of anilines is 1. The van der Waals surface area contributed by atoms with Gasteiger partial charge in [-0.1, -0.05) is 31.2 Å². The number of hydrogen-bond donors (Lipinski definition) is 1. The number of carbonyl (C=O) groups is 2. The van der Waals surface area contributed by atoms with Crippen LogP contribution >= 0.6 is 0 Å². The molecule has 0 unspecified atom stereocenters. The van der Waals surface area contributed by atoms with Gasteiger partial charge in [-0.15, -0.1) is 0 Å². The monoisotopic (exact) mass is 585 g/mol. The fourth-order valence-corrected chi connectivity index (χ4v) is 5.85. The van der Waals surface area contributed by atoms with Gasteiger partial charge < -0.3 is 19.7 Å². The maximum Gasteiger partial charge on any atom is 0.264 e. The Kier molecular flexibility index (Phi) is 10.7. The molecule has 0 saturated heterocycles. The molecular formula is C30H36FN3O6S. The van der Waals surface area contributed by atoms with Gasteiger partial charge in [0.25, 0.3) is 10.0 Å². The second-order valence-electron chi connectivity index (χ2n) is 9.27. The molecule has 1 atom stereocenters. The number of sulfonamides is 1. The number of amides is 2. The number of carbonyl (C=O) groups excluding carboxylic acids is 2. The van der Waals surface area contributed by atoms with E-state index < -0.39 is 34.3 Å². The molecule has 3 rings (SSSR count).